The van der Waals surface area contributed by atoms with Crippen LogP contribution in [0.3, 0.4) is 0 Å². The third kappa shape index (κ3) is 3.84. The van der Waals surface area contributed by atoms with E-state index in [1.54, 1.807) is 12.2 Å². The second kappa shape index (κ2) is 9.04. The summed E-state index contributed by atoms with van der Waals surface area (Å²) in [5.74, 6) is -1.10. The van der Waals surface area contributed by atoms with Gasteiger partial charge in [-0.25, -0.2) is 9.18 Å². The molecule has 0 aliphatic heterocycles. The average molecular weight is 503 g/mol. The van der Waals surface area contributed by atoms with Gasteiger partial charge in [0.15, 0.2) is 10.9 Å². The molecule has 8 atom stereocenters. The van der Waals surface area contributed by atoms with Crippen LogP contribution in [0.15, 0.2) is 46.8 Å². The first kappa shape index (κ1) is 24.5. The number of hydrogen-bond acceptors (Lipinski definition) is 7. The van der Waals surface area contributed by atoms with Gasteiger partial charge in [-0.2, -0.15) is 0 Å². The molecule has 0 spiro atoms. The Labute approximate surface area is 208 Å². The van der Waals surface area contributed by atoms with Gasteiger partial charge in [-0.05, 0) is 61.7 Å². The molecule has 8 heteroatoms. The minimum atomic E-state index is -0.808. The van der Waals surface area contributed by atoms with Crippen LogP contribution in [0.5, 0.6) is 0 Å². The van der Waals surface area contributed by atoms with Crippen LogP contribution in [-0.2, 0) is 14.3 Å². The molecule has 4 aliphatic carbocycles. The van der Waals surface area contributed by atoms with E-state index in [-0.39, 0.29) is 53.2 Å². The lowest BCUT2D eigenvalue weighted by Crippen LogP contribution is -2.58. The quantitative estimate of drug-likeness (QED) is 0.581. The Morgan fingerprint density at radius 3 is 2.89 bits per heavy atom. The fourth-order valence-corrected chi connectivity index (χ4v) is 8.74. The first-order chi connectivity index (χ1) is 16.7. The Balaban J connectivity index is 1.52. The van der Waals surface area contributed by atoms with Gasteiger partial charge in [0, 0.05) is 22.7 Å². The highest BCUT2D eigenvalue weighted by molar-refractivity contribution is 8.13. The highest BCUT2D eigenvalue weighted by Crippen LogP contribution is 2.67. The second-order valence-electron chi connectivity index (χ2n) is 10.9. The maximum absolute atomic E-state index is 13.2. The number of carbonyl (C=O) groups is 3. The summed E-state index contributed by atoms with van der Waals surface area (Å²) >= 11 is 0.666. The molecule has 1 heterocycles. The van der Waals surface area contributed by atoms with Crippen molar-refractivity contribution in [3.8, 4) is 0 Å². The first-order valence-electron chi connectivity index (χ1n) is 12.3. The van der Waals surface area contributed by atoms with E-state index in [4.69, 9.17) is 9.15 Å². The number of esters is 1. The molecule has 35 heavy (non-hydrogen) atoms. The van der Waals surface area contributed by atoms with E-state index >= 15 is 0 Å². The van der Waals surface area contributed by atoms with Gasteiger partial charge in [-0.1, -0.05) is 37.3 Å². The molecule has 1 N–H and O–H groups in total. The number of thioether (sulfide) groups is 1. The van der Waals surface area contributed by atoms with E-state index in [0.29, 0.717) is 11.8 Å². The first-order valence-corrected chi connectivity index (χ1v) is 13.2. The molecule has 4 aliphatic rings. The maximum Gasteiger partial charge on any atom is 0.341 e. The molecule has 0 bridgehead atoms. The SMILES string of the molecule is C[C@@H]1C[C@H]2[C@@H]3CCC4=CC(=O)C=C[C@]4(C)[C@H]3[C@@H](O)C[C@]2(COC(=O)c2ccoc2)[C@H]1C(=O)SCF. The van der Waals surface area contributed by atoms with Gasteiger partial charge in [0.25, 0.3) is 0 Å². The lowest BCUT2D eigenvalue weighted by Gasteiger charge is -2.59. The summed E-state index contributed by atoms with van der Waals surface area (Å²) < 4.78 is 24.0. The molecule has 6 nitrogen and oxygen atoms in total. The smallest absolute Gasteiger partial charge is 0.341 e. The van der Waals surface area contributed by atoms with Gasteiger partial charge in [0.05, 0.1) is 24.5 Å². The van der Waals surface area contributed by atoms with Crippen molar-refractivity contribution in [3.63, 3.8) is 0 Å². The van der Waals surface area contributed by atoms with Crippen molar-refractivity contribution in [2.45, 2.75) is 45.6 Å². The summed E-state index contributed by atoms with van der Waals surface area (Å²) in [5.41, 5.74) is 0.131. The zero-order valence-electron chi connectivity index (χ0n) is 19.9. The molecule has 0 aromatic carbocycles. The van der Waals surface area contributed by atoms with E-state index in [1.165, 1.54) is 18.6 Å². The van der Waals surface area contributed by atoms with Crippen molar-refractivity contribution in [1.29, 1.82) is 0 Å². The Hall–Kier alpha value is -2.19. The fraction of sp³-hybridized carbons (Fsp3) is 0.593. The Morgan fingerprint density at radius 2 is 2.17 bits per heavy atom. The van der Waals surface area contributed by atoms with E-state index in [9.17, 15) is 23.9 Å². The van der Waals surface area contributed by atoms with E-state index in [1.807, 2.05) is 13.0 Å². The van der Waals surface area contributed by atoms with Crippen molar-refractivity contribution in [2.24, 2.45) is 40.4 Å². The Kier molecular flexibility index (Phi) is 6.33. The molecule has 3 fully saturated rings. The van der Waals surface area contributed by atoms with Gasteiger partial charge in [-0.3, -0.25) is 9.59 Å². The van der Waals surface area contributed by atoms with Gasteiger partial charge in [-0.15, -0.1) is 0 Å². The molecule has 188 valence electrons. The van der Waals surface area contributed by atoms with E-state index in [0.717, 1.165) is 24.8 Å². The topological polar surface area (TPSA) is 93.8 Å². The molecule has 3 saturated carbocycles. The third-order valence-corrected chi connectivity index (χ3v) is 9.90. The Morgan fingerprint density at radius 1 is 1.37 bits per heavy atom. The molecule has 0 amide bonds. The summed E-state index contributed by atoms with van der Waals surface area (Å²) in [4.78, 5) is 38.0. The number of aliphatic hydroxyl groups is 1. The zero-order valence-corrected chi connectivity index (χ0v) is 20.8. The minimum absolute atomic E-state index is 0.0106. The van der Waals surface area contributed by atoms with Crippen LogP contribution in [0.25, 0.3) is 0 Å². The average Bonchev–Trinajstić information content (AvgIpc) is 3.44. The number of carbonyl (C=O) groups excluding carboxylic acids is 3. The molecule has 0 radical (unpaired) electrons. The fourth-order valence-electron chi connectivity index (χ4n) is 7.98. The normalized spacial score (nSPS) is 39.9. The van der Waals surface area contributed by atoms with Crippen molar-refractivity contribution >= 4 is 28.6 Å². The zero-order chi connectivity index (χ0) is 25.0. The maximum atomic E-state index is 13.2. The number of ether oxygens (including phenoxy) is 1. The van der Waals surface area contributed by atoms with Crippen molar-refractivity contribution in [1.82, 2.24) is 0 Å². The van der Waals surface area contributed by atoms with Crippen LogP contribution in [-0.4, -0.2) is 40.7 Å². The predicted molar refractivity (Wildman–Crippen MR) is 128 cm³/mol. The van der Waals surface area contributed by atoms with Crippen LogP contribution in [0.2, 0.25) is 0 Å². The molecular formula is C27H31FO6S. The van der Waals surface area contributed by atoms with Crippen LogP contribution < -0.4 is 0 Å². The number of alkyl halides is 1. The molecule has 0 unspecified atom stereocenters. The van der Waals surface area contributed by atoms with Crippen LogP contribution in [0.4, 0.5) is 4.39 Å². The summed E-state index contributed by atoms with van der Waals surface area (Å²) in [5, 5.41) is 11.4. The van der Waals surface area contributed by atoms with Gasteiger partial charge in [0.2, 0.25) is 0 Å². The third-order valence-electron chi connectivity index (χ3n) is 9.26. The lowest BCUT2D eigenvalue weighted by molar-refractivity contribution is -0.148. The van der Waals surface area contributed by atoms with Crippen molar-refractivity contribution in [2.75, 3.05) is 12.6 Å². The summed E-state index contributed by atoms with van der Waals surface area (Å²) in [7, 11) is 0. The van der Waals surface area contributed by atoms with Crippen LogP contribution in [0, 0.1) is 40.4 Å². The molecule has 5 rings (SSSR count). The monoisotopic (exact) mass is 502 g/mol. The number of fused-ring (bicyclic) bond motifs is 5. The summed E-state index contributed by atoms with van der Waals surface area (Å²) in [6.45, 7) is 4.09. The number of rotatable bonds is 5. The van der Waals surface area contributed by atoms with Crippen molar-refractivity contribution < 1.29 is 33.0 Å². The standard InChI is InChI=1S/C27H31FO6S/c1-15-9-20-19-4-3-17-10-18(29)5-7-26(17,2)23(19)21(30)11-27(20,22(15)25(32)35-14-28)13-34-24(31)16-6-8-33-12-16/h5-8,10,12,15,19-23,30H,3-4,9,11,13-14H2,1-2H3/t15-,19+,20+,21+,22-,23-,26+,27-/m1/s1. The minimum Gasteiger partial charge on any atom is -0.472 e. The molecule has 1 aromatic rings. The largest absolute Gasteiger partial charge is 0.472 e. The number of ketones is 1. The van der Waals surface area contributed by atoms with Gasteiger partial charge in [0.1, 0.15) is 12.3 Å². The van der Waals surface area contributed by atoms with E-state index < -0.39 is 34.8 Å². The number of allylic oxidation sites excluding steroid dienone is 4. The van der Waals surface area contributed by atoms with Gasteiger partial charge < -0.3 is 14.3 Å². The lowest BCUT2D eigenvalue weighted by atomic mass is 9.46. The van der Waals surface area contributed by atoms with Crippen LogP contribution in [0.1, 0.15) is 49.9 Å². The number of furan rings is 1. The number of halogens is 1. The molecule has 1 aromatic heterocycles. The van der Waals surface area contributed by atoms with Crippen LogP contribution >= 0.6 is 11.8 Å². The predicted octanol–water partition coefficient (Wildman–Crippen LogP) is 4.74. The Bertz CT molecular complexity index is 1080. The molecule has 0 saturated heterocycles. The van der Waals surface area contributed by atoms with Gasteiger partial charge >= 0.3 is 5.97 Å². The summed E-state index contributed by atoms with van der Waals surface area (Å²) in [6.07, 6.45) is 9.76. The highest BCUT2D eigenvalue weighted by Gasteiger charge is 2.66. The second-order valence-corrected chi connectivity index (χ2v) is 11.8. The van der Waals surface area contributed by atoms with Crippen molar-refractivity contribution in [3.05, 3.63) is 48.0 Å². The highest BCUT2D eigenvalue weighted by atomic mass is 32.2. The number of hydrogen-bond donors (Lipinski definition) is 1. The van der Waals surface area contributed by atoms with E-state index in [2.05, 4.69) is 6.92 Å². The summed E-state index contributed by atoms with van der Waals surface area (Å²) in [6, 6.07) is 0.714. The number of aliphatic hydroxyl groups excluding tert-OH is 1. The molecular weight excluding hydrogens is 471 g/mol.